The molecule has 0 fully saturated rings. The van der Waals surface area contributed by atoms with E-state index in [2.05, 4.69) is 20.8 Å². The van der Waals surface area contributed by atoms with Crippen LogP contribution < -0.4 is 5.32 Å². The van der Waals surface area contributed by atoms with Crippen molar-refractivity contribution in [2.75, 3.05) is 11.1 Å². The molecule has 0 aliphatic rings. The van der Waals surface area contributed by atoms with Crippen molar-refractivity contribution < 1.29 is 9.59 Å². The van der Waals surface area contributed by atoms with Gasteiger partial charge in [0.25, 0.3) is 0 Å². The number of aryl methyl sites for hydroxylation is 2. The van der Waals surface area contributed by atoms with Gasteiger partial charge in [-0.25, -0.2) is 0 Å². The molecule has 0 spiro atoms. The first-order valence-electron chi connectivity index (χ1n) is 8.33. The number of ketones is 1. The van der Waals surface area contributed by atoms with E-state index in [-0.39, 0.29) is 17.4 Å². The maximum absolute atomic E-state index is 12.2. The second-order valence-corrected chi connectivity index (χ2v) is 7.06. The average Bonchev–Trinajstić information content (AvgIpc) is 3.11. The second kappa shape index (κ2) is 8.13. The van der Waals surface area contributed by atoms with Crippen molar-refractivity contribution in [2.24, 2.45) is 0 Å². The molecule has 1 aromatic heterocycles. The molecule has 0 aliphatic heterocycles. The fourth-order valence-electron chi connectivity index (χ4n) is 2.43. The normalized spacial score (nSPS) is 10.6. The van der Waals surface area contributed by atoms with Crippen molar-refractivity contribution in [2.45, 2.75) is 25.9 Å². The van der Waals surface area contributed by atoms with Gasteiger partial charge in [0.2, 0.25) is 11.1 Å². The van der Waals surface area contributed by atoms with Crippen LogP contribution in [0.1, 0.15) is 28.4 Å². The van der Waals surface area contributed by atoms with E-state index in [4.69, 9.17) is 0 Å². The lowest BCUT2D eigenvalue weighted by Crippen LogP contribution is -2.15. The van der Waals surface area contributed by atoms with Crippen molar-refractivity contribution in [1.29, 1.82) is 0 Å². The van der Waals surface area contributed by atoms with Gasteiger partial charge in [-0.1, -0.05) is 30.0 Å². The molecule has 0 aliphatic carbocycles. The molecular weight excluding hydrogens is 362 g/mol. The number of rotatable bonds is 6. The van der Waals surface area contributed by atoms with Gasteiger partial charge >= 0.3 is 0 Å². The Morgan fingerprint density at radius 1 is 1.11 bits per heavy atom. The minimum atomic E-state index is -0.199. The summed E-state index contributed by atoms with van der Waals surface area (Å²) in [6, 6.07) is 12.8. The van der Waals surface area contributed by atoms with Crippen molar-refractivity contribution >= 4 is 29.1 Å². The van der Waals surface area contributed by atoms with Gasteiger partial charge in [-0.15, -0.1) is 5.10 Å². The molecule has 2 aromatic carbocycles. The first-order valence-corrected chi connectivity index (χ1v) is 9.32. The number of carbonyl (C=O) groups excluding carboxylic acids is 2. The third kappa shape index (κ3) is 4.59. The predicted molar refractivity (Wildman–Crippen MR) is 104 cm³/mol. The number of amides is 1. The fraction of sp³-hybridized carbons (Fsp3) is 0.211. The van der Waals surface area contributed by atoms with Crippen LogP contribution >= 0.6 is 11.8 Å². The smallest absolute Gasteiger partial charge is 0.234 e. The molecule has 3 aromatic rings. The zero-order valence-corrected chi connectivity index (χ0v) is 16.1. The first-order chi connectivity index (χ1) is 12.9. The van der Waals surface area contributed by atoms with E-state index >= 15 is 0 Å². The van der Waals surface area contributed by atoms with E-state index in [1.165, 1.54) is 24.2 Å². The molecule has 0 saturated carbocycles. The van der Waals surface area contributed by atoms with Gasteiger partial charge in [0.1, 0.15) is 0 Å². The van der Waals surface area contributed by atoms with Crippen molar-refractivity contribution in [3.8, 4) is 5.69 Å². The van der Waals surface area contributed by atoms with Gasteiger partial charge in [0.15, 0.2) is 5.78 Å². The van der Waals surface area contributed by atoms with Crippen LogP contribution in [0.3, 0.4) is 0 Å². The molecule has 0 atom stereocenters. The van der Waals surface area contributed by atoms with Gasteiger partial charge in [-0.05, 0) is 66.6 Å². The van der Waals surface area contributed by atoms with E-state index in [0.717, 1.165) is 11.3 Å². The zero-order valence-electron chi connectivity index (χ0n) is 15.3. The third-order valence-electron chi connectivity index (χ3n) is 4.06. The lowest BCUT2D eigenvalue weighted by Gasteiger charge is -2.08. The molecule has 0 saturated heterocycles. The van der Waals surface area contributed by atoms with Gasteiger partial charge in [-0.2, -0.15) is 4.68 Å². The highest BCUT2D eigenvalue weighted by atomic mass is 32.2. The van der Waals surface area contributed by atoms with Crippen molar-refractivity contribution in [3.05, 3.63) is 59.2 Å². The number of hydrogen-bond donors (Lipinski definition) is 1. The van der Waals surface area contributed by atoms with Crippen LogP contribution in [0, 0.1) is 13.8 Å². The Bertz CT molecular complexity index is 999. The Labute approximate surface area is 161 Å². The molecule has 1 amide bonds. The molecule has 27 heavy (non-hydrogen) atoms. The number of carbonyl (C=O) groups is 2. The van der Waals surface area contributed by atoms with Gasteiger partial charge in [0, 0.05) is 11.3 Å². The monoisotopic (exact) mass is 381 g/mol. The zero-order chi connectivity index (χ0) is 19.4. The topological polar surface area (TPSA) is 89.8 Å². The summed E-state index contributed by atoms with van der Waals surface area (Å²) in [7, 11) is 0. The fourth-order valence-corrected chi connectivity index (χ4v) is 3.12. The van der Waals surface area contributed by atoms with E-state index < -0.39 is 0 Å². The van der Waals surface area contributed by atoms with Crippen molar-refractivity contribution in [3.63, 3.8) is 0 Å². The average molecular weight is 381 g/mol. The standard InChI is InChI=1S/C19H19N5O2S/c1-12-7-8-17(9-13(12)2)24-19(21-22-23-24)27-11-18(26)20-16-6-4-5-15(10-16)14(3)25/h4-10H,11H2,1-3H3,(H,20,26). The SMILES string of the molecule is CC(=O)c1cccc(NC(=O)CSc2nnnn2-c2ccc(C)c(C)c2)c1. The van der Waals surface area contributed by atoms with E-state index in [0.29, 0.717) is 16.4 Å². The second-order valence-electron chi connectivity index (χ2n) is 6.12. The quantitative estimate of drug-likeness (QED) is 0.521. The number of thioether (sulfide) groups is 1. The first kappa shape index (κ1) is 18.8. The Hall–Kier alpha value is -3.00. The van der Waals surface area contributed by atoms with Crippen LogP contribution in [0.15, 0.2) is 47.6 Å². The lowest BCUT2D eigenvalue weighted by atomic mass is 10.1. The number of Topliss-reactive ketones (excluding diaryl/α,β-unsaturated/α-hetero) is 1. The Balaban J connectivity index is 1.66. The molecule has 7 nitrogen and oxygen atoms in total. The summed E-state index contributed by atoms with van der Waals surface area (Å²) in [5.74, 6) is -0.0985. The van der Waals surface area contributed by atoms with Crippen LogP contribution in [-0.4, -0.2) is 37.7 Å². The molecule has 1 N–H and O–H groups in total. The summed E-state index contributed by atoms with van der Waals surface area (Å²) < 4.78 is 1.61. The van der Waals surface area contributed by atoms with Gasteiger partial charge in [0.05, 0.1) is 11.4 Å². The molecule has 0 radical (unpaired) electrons. The molecule has 0 unspecified atom stereocenters. The summed E-state index contributed by atoms with van der Waals surface area (Å²) in [4.78, 5) is 23.7. The van der Waals surface area contributed by atoms with Gasteiger partial charge < -0.3 is 5.32 Å². The minimum absolute atomic E-state index is 0.0481. The molecular formula is C19H19N5O2S. The van der Waals surface area contributed by atoms with Crippen molar-refractivity contribution in [1.82, 2.24) is 20.2 Å². The summed E-state index contributed by atoms with van der Waals surface area (Å²) in [5, 5.41) is 15.1. The molecule has 8 heteroatoms. The summed E-state index contributed by atoms with van der Waals surface area (Å²) in [6.45, 7) is 5.56. The number of hydrogen-bond acceptors (Lipinski definition) is 6. The van der Waals surface area contributed by atoms with Gasteiger partial charge in [-0.3, -0.25) is 9.59 Å². The number of aromatic nitrogens is 4. The summed E-state index contributed by atoms with van der Waals surface area (Å²) in [6.07, 6.45) is 0. The largest absolute Gasteiger partial charge is 0.325 e. The highest BCUT2D eigenvalue weighted by Crippen LogP contribution is 2.20. The number of nitrogens with one attached hydrogen (secondary N) is 1. The van der Waals surface area contributed by atoms with E-state index in [1.807, 2.05) is 32.0 Å². The van der Waals surface area contributed by atoms with E-state index in [9.17, 15) is 9.59 Å². The molecule has 0 bridgehead atoms. The van der Waals surface area contributed by atoms with Crippen LogP contribution in [0.4, 0.5) is 5.69 Å². The Morgan fingerprint density at radius 3 is 2.67 bits per heavy atom. The van der Waals surface area contributed by atoms with Crippen LogP contribution in [-0.2, 0) is 4.79 Å². The summed E-state index contributed by atoms with van der Waals surface area (Å²) in [5.41, 5.74) is 4.32. The number of benzene rings is 2. The Morgan fingerprint density at radius 2 is 1.93 bits per heavy atom. The van der Waals surface area contributed by atoms with Crippen LogP contribution in [0.2, 0.25) is 0 Å². The minimum Gasteiger partial charge on any atom is -0.325 e. The maximum atomic E-state index is 12.2. The number of tetrazole rings is 1. The predicted octanol–water partition coefficient (Wildman–Crippen LogP) is 3.21. The highest BCUT2D eigenvalue weighted by molar-refractivity contribution is 7.99. The molecule has 138 valence electrons. The number of anilines is 1. The van der Waals surface area contributed by atoms with Crippen LogP contribution in [0.25, 0.3) is 5.69 Å². The summed E-state index contributed by atoms with van der Waals surface area (Å²) >= 11 is 1.24. The van der Waals surface area contributed by atoms with Crippen LogP contribution in [0.5, 0.6) is 0 Å². The molecule has 3 rings (SSSR count). The lowest BCUT2D eigenvalue weighted by molar-refractivity contribution is -0.113. The number of nitrogens with zero attached hydrogens (tertiary/aromatic N) is 4. The third-order valence-corrected chi connectivity index (χ3v) is 4.98. The highest BCUT2D eigenvalue weighted by Gasteiger charge is 2.12. The Kier molecular flexibility index (Phi) is 5.66. The van der Waals surface area contributed by atoms with E-state index in [1.54, 1.807) is 28.9 Å². The molecule has 1 heterocycles. The maximum Gasteiger partial charge on any atom is 0.234 e.